The van der Waals surface area contributed by atoms with Gasteiger partial charge >= 0.3 is 0 Å². The quantitative estimate of drug-likeness (QED) is 0.584. The molecule has 0 spiro atoms. The molecule has 5 N–H and O–H groups in total. The summed E-state index contributed by atoms with van der Waals surface area (Å²) in [6, 6.07) is 0. The van der Waals surface area contributed by atoms with Gasteiger partial charge in [-0.15, -0.1) is 0 Å². The molecular formula is C14H20N4O5. The van der Waals surface area contributed by atoms with Crippen molar-refractivity contribution >= 4 is 17.0 Å². The Morgan fingerprint density at radius 3 is 2.74 bits per heavy atom. The Hall–Kier alpha value is -1.94. The van der Waals surface area contributed by atoms with Gasteiger partial charge in [0, 0.05) is 6.20 Å². The SMILES string of the molecule is COc1nc(N)nc2c1c(C)cn2[C@@H]1O[C@H](CO)[C@@H](O)[C@@]1(C)O. The highest BCUT2D eigenvalue weighted by Gasteiger charge is 2.53. The number of nitrogens with two attached hydrogens (primary N) is 1. The number of hydrogen-bond donors (Lipinski definition) is 4. The predicted molar refractivity (Wildman–Crippen MR) is 80.9 cm³/mol. The summed E-state index contributed by atoms with van der Waals surface area (Å²) >= 11 is 0. The first-order chi connectivity index (χ1) is 10.8. The zero-order chi connectivity index (χ0) is 16.9. The van der Waals surface area contributed by atoms with Gasteiger partial charge in [0.1, 0.15) is 17.8 Å². The molecule has 1 saturated heterocycles. The molecule has 0 aromatic carbocycles. The van der Waals surface area contributed by atoms with Gasteiger partial charge in [0.25, 0.3) is 0 Å². The van der Waals surface area contributed by atoms with Crippen LogP contribution in [-0.4, -0.2) is 61.4 Å². The van der Waals surface area contributed by atoms with Crippen LogP contribution in [0.2, 0.25) is 0 Å². The highest BCUT2D eigenvalue weighted by atomic mass is 16.6. The number of aryl methyl sites for hydroxylation is 1. The van der Waals surface area contributed by atoms with Crippen molar-refractivity contribution in [3.63, 3.8) is 0 Å². The van der Waals surface area contributed by atoms with Gasteiger partial charge in [0.05, 0.1) is 19.1 Å². The van der Waals surface area contributed by atoms with Crippen LogP contribution in [0, 0.1) is 6.92 Å². The average Bonchev–Trinajstić information content (AvgIpc) is 2.94. The zero-order valence-electron chi connectivity index (χ0n) is 13.1. The number of nitrogens with zero attached hydrogens (tertiary/aromatic N) is 3. The van der Waals surface area contributed by atoms with Gasteiger partial charge in [-0.1, -0.05) is 0 Å². The molecule has 9 heteroatoms. The lowest BCUT2D eigenvalue weighted by atomic mass is 9.96. The molecule has 9 nitrogen and oxygen atoms in total. The molecule has 0 unspecified atom stereocenters. The van der Waals surface area contributed by atoms with E-state index in [0.29, 0.717) is 16.9 Å². The fourth-order valence-corrected chi connectivity index (χ4v) is 3.03. The molecule has 126 valence electrons. The van der Waals surface area contributed by atoms with E-state index >= 15 is 0 Å². The summed E-state index contributed by atoms with van der Waals surface area (Å²) in [7, 11) is 1.48. The van der Waals surface area contributed by atoms with E-state index in [1.54, 1.807) is 10.8 Å². The monoisotopic (exact) mass is 324 g/mol. The predicted octanol–water partition coefficient (Wildman–Crippen LogP) is -0.668. The minimum Gasteiger partial charge on any atom is -0.480 e. The van der Waals surface area contributed by atoms with Gasteiger partial charge in [0.2, 0.25) is 11.8 Å². The Balaban J connectivity index is 2.20. The summed E-state index contributed by atoms with van der Waals surface area (Å²) in [5.41, 5.74) is 5.33. The van der Waals surface area contributed by atoms with Gasteiger partial charge in [-0.3, -0.25) is 0 Å². The molecule has 3 rings (SSSR count). The van der Waals surface area contributed by atoms with E-state index in [9.17, 15) is 15.3 Å². The number of nitrogen functional groups attached to an aromatic ring is 1. The van der Waals surface area contributed by atoms with Crippen LogP contribution in [0.25, 0.3) is 11.0 Å². The summed E-state index contributed by atoms with van der Waals surface area (Å²) in [6.45, 7) is 2.87. The van der Waals surface area contributed by atoms with Crippen LogP contribution in [0.5, 0.6) is 5.88 Å². The minimum absolute atomic E-state index is 0.0191. The van der Waals surface area contributed by atoms with Crippen molar-refractivity contribution in [3.8, 4) is 5.88 Å². The summed E-state index contributed by atoms with van der Waals surface area (Å²) in [4.78, 5) is 8.25. The number of rotatable bonds is 3. The first kappa shape index (κ1) is 15.9. The van der Waals surface area contributed by atoms with Gasteiger partial charge in [-0.2, -0.15) is 9.97 Å². The number of hydrogen-bond acceptors (Lipinski definition) is 8. The van der Waals surface area contributed by atoms with Crippen LogP contribution in [-0.2, 0) is 4.74 Å². The maximum absolute atomic E-state index is 10.6. The Kier molecular flexibility index (Phi) is 3.68. The minimum atomic E-state index is -1.61. The summed E-state index contributed by atoms with van der Waals surface area (Å²) in [5, 5.41) is 30.7. The second-order valence-electron chi connectivity index (χ2n) is 5.89. The summed E-state index contributed by atoms with van der Waals surface area (Å²) in [5.74, 6) is 0.339. The van der Waals surface area contributed by atoms with Crippen LogP contribution in [0.1, 0.15) is 18.7 Å². The van der Waals surface area contributed by atoms with E-state index in [-0.39, 0.29) is 5.95 Å². The van der Waals surface area contributed by atoms with E-state index < -0.39 is 30.6 Å². The molecule has 0 saturated carbocycles. The summed E-state index contributed by atoms with van der Waals surface area (Å²) < 4.78 is 12.4. The second-order valence-corrected chi connectivity index (χ2v) is 5.89. The smallest absolute Gasteiger partial charge is 0.227 e. The van der Waals surface area contributed by atoms with Crippen LogP contribution in [0.4, 0.5) is 5.95 Å². The van der Waals surface area contributed by atoms with E-state index in [1.165, 1.54) is 14.0 Å². The average molecular weight is 324 g/mol. The summed E-state index contributed by atoms with van der Waals surface area (Å²) in [6.07, 6.45) is -1.36. The molecule has 2 aromatic heterocycles. The molecule has 1 aliphatic heterocycles. The maximum atomic E-state index is 10.6. The van der Waals surface area contributed by atoms with Crippen molar-refractivity contribution in [1.29, 1.82) is 0 Å². The molecule has 0 bridgehead atoms. The van der Waals surface area contributed by atoms with Gasteiger partial charge in [0.15, 0.2) is 11.9 Å². The normalized spacial score (nSPS) is 31.0. The van der Waals surface area contributed by atoms with Crippen molar-refractivity contribution in [2.24, 2.45) is 0 Å². The van der Waals surface area contributed by atoms with Gasteiger partial charge in [-0.25, -0.2) is 0 Å². The Morgan fingerprint density at radius 1 is 1.48 bits per heavy atom. The zero-order valence-corrected chi connectivity index (χ0v) is 13.1. The molecule has 0 radical (unpaired) electrons. The topological polar surface area (TPSA) is 136 Å². The van der Waals surface area contributed by atoms with Crippen molar-refractivity contribution in [2.75, 3.05) is 19.5 Å². The fourth-order valence-electron chi connectivity index (χ4n) is 3.03. The number of aliphatic hydroxyl groups excluding tert-OH is 2. The fraction of sp³-hybridized carbons (Fsp3) is 0.571. The molecule has 0 aliphatic carbocycles. The van der Waals surface area contributed by atoms with Gasteiger partial charge < -0.3 is 35.1 Å². The van der Waals surface area contributed by atoms with Crippen LogP contribution in [0.15, 0.2) is 6.20 Å². The molecule has 4 atom stereocenters. The van der Waals surface area contributed by atoms with E-state index in [4.69, 9.17) is 15.2 Å². The molecule has 1 aliphatic rings. The number of aliphatic hydroxyl groups is 3. The maximum Gasteiger partial charge on any atom is 0.227 e. The molecule has 23 heavy (non-hydrogen) atoms. The van der Waals surface area contributed by atoms with Crippen LogP contribution in [0.3, 0.4) is 0 Å². The van der Waals surface area contributed by atoms with Crippen LogP contribution < -0.4 is 10.5 Å². The third-order valence-corrected chi connectivity index (χ3v) is 4.23. The molecule has 3 heterocycles. The van der Waals surface area contributed by atoms with Crippen molar-refractivity contribution in [2.45, 2.75) is 37.9 Å². The standard InChI is InChI=1S/C14H20N4O5/c1-6-4-18(10-8(6)11(22-3)17-13(15)16-10)12-14(2,21)9(20)7(5-19)23-12/h4,7,9,12,19-21H,5H2,1-3H3,(H2,15,16,17)/t7-,9-,12-,14-/m1/s1. The number of anilines is 1. The lowest BCUT2D eigenvalue weighted by Gasteiger charge is -2.27. The number of aromatic nitrogens is 3. The largest absolute Gasteiger partial charge is 0.480 e. The Bertz CT molecular complexity index is 744. The highest BCUT2D eigenvalue weighted by molar-refractivity contribution is 5.86. The van der Waals surface area contributed by atoms with Crippen molar-refractivity contribution < 1.29 is 24.8 Å². The lowest BCUT2D eigenvalue weighted by Crippen LogP contribution is -2.44. The lowest BCUT2D eigenvalue weighted by molar-refractivity contribution is -0.0948. The molecule has 0 amide bonds. The molecule has 1 fully saturated rings. The van der Waals surface area contributed by atoms with Crippen molar-refractivity contribution in [3.05, 3.63) is 11.8 Å². The van der Waals surface area contributed by atoms with Crippen molar-refractivity contribution in [1.82, 2.24) is 14.5 Å². The Labute approximate surface area is 132 Å². The van der Waals surface area contributed by atoms with E-state index in [0.717, 1.165) is 5.56 Å². The van der Waals surface area contributed by atoms with Gasteiger partial charge in [-0.05, 0) is 19.4 Å². The molecule has 2 aromatic rings. The number of fused-ring (bicyclic) bond motifs is 1. The number of methoxy groups -OCH3 is 1. The third kappa shape index (κ3) is 2.24. The first-order valence-electron chi connectivity index (χ1n) is 7.16. The third-order valence-electron chi connectivity index (χ3n) is 4.23. The molecular weight excluding hydrogens is 304 g/mol. The first-order valence-corrected chi connectivity index (χ1v) is 7.16. The van der Waals surface area contributed by atoms with Crippen LogP contribution >= 0.6 is 0 Å². The Morgan fingerprint density at radius 2 is 2.17 bits per heavy atom. The number of ether oxygens (including phenoxy) is 2. The van der Waals surface area contributed by atoms with E-state index in [1.807, 2.05) is 6.92 Å². The highest BCUT2D eigenvalue weighted by Crippen LogP contribution is 2.41. The second kappa shape index (κ2) is 5.31. The van der Waals surface area contributed by atoms with E-state index in [2.05, 4.69) is 9.97 Å².